The molecule has 0 fully saturated rings. The molecule has 0 bridgehead atoms. The molecule has 1 heterocycles. The van der Waals surface area contributed by atoms with Crippen LogP contribution in [-0.4, -0.2) is 33.4 Å². The van der Waals surface area contributed by atoms with Crippen molar-refractivity contribution in [2.75, 3.05) is 28.4 Å². The average Bonchev–Trinajstić information content (AvgIpc) is 2.56. The molecule has 0 radical (unpaired) electrons. The van der Waals surface area contributed by atoms with Gasteiger partial charge in [0.05, 0.1) is 27.4 Å². The number of rotatable bonds is 6. The van der Waals surface area contributed by atoms with E-state index in [0.29, 0.717) is 0 Å². The van der Waals surface area contributed by atoms with E-state index < -0.39 is 0 Å². The minimum Gasteiger partial charge on any atom is -0.497 e. The van der Waals surface area contributed by atoms with Gasteiger partial charge in [-0.1, -0.05) is 0 Å². The molecule has 1 atom stereocenters. The smallest absolute Gasteiger partial charge is 0.142 e. The summed E-state index contributed by atoms with van der Waals surface area (Å²) in [6.45, 7) is 0. The predicted molar refractivity (Wildman–Crippen MR) is 81.2 cm³/mol. The molecule has 0 aliphatic carbocycles. The van der Waals surface area contributed by atoms with Gasteiger partial charge < -0.3 is 19.5 Å². The quantitative estimate of drug-likeness (QED) is 0.884. The lowest BCUT2D eigenvalue weighted by molar-refractivity contribution is 0.383. The standard InChI is InChI=1S/C16H20N2O3/c1-17-15(16-13(20-3)6-5-9-18-16)12-8-7-11(19-2)10-14(12)21-4/h5-10,15,17H,1-4H3. The van der Waals surface area contributed by atoms with Crippen LogP contribution in [0.1, 0.15) is 17.3 Å². The molecule has 0 aliphatic heterocycles. The topological polar surface area (TPSA) is 52.6 Å². The maximum atomic E-state index is 5.48. The molecule has 2 aromatic rings. The summed E-state index contributed by atoms with van der Waals surface area (Å²) in [4.78, 5) is 4.44. The lowest BCUT2D eigenvalue weighted by Crippen LogP contribution is -2.20. The molecular weight excluding hydrogens is 268 g/mol. The zero-order valence-corrected chi connectivity index (χ0v) is 12.7. The maximum Gasteiger partial charge on any atom is 0.142 e. The summed E-state index contributed by atoms with van der Waals surface area (Å²) >= 11 is 0. The molecule has 1 unspecified atom stereocenters. The molecule has 0 saturated carbocycles. The van der Waals surface area contributed by atoms with E-state index in [2.05, 4.69) is 10.3 Å². The Kier molecular flexibility index (Phi) is 5.00. The summed E-state index contributed by atoms with van der Waals surface area (Å²) < 4.78 is 16.1. The highest BCUT2D eigenvalue weighted by molar-refractivity contribution is 5.47. The van der Waals surface area contributed by atoms with Gasteiger partial charge in [0.25, 0.3) is 0 Å². The zero-order valence-electron chi connectivity index (χ0n) is 12.7. The molecular formula is C16H20N2O3. The van der Waals surface area contributed by atoms with Crippen molar-refractivity contribution in [1.29, 1.82) is 0 Å². The monoisotopic (exact) mass is 288 g/mol. The van der Waals surface area contributed by atoms with E-state index in [4.69, 9.17) is 14.2 Å². The molecule has 21 heavy (non-hydrogen) atoms. The van der Waals surface area contributed by atoms with Crippen molar-refractivity contribution in [1.82, 2.24) is 10.3 Å². The Hall–Kier alpha value is -2.27. The summed E-state index contributed by atoms with van der Waals surface area (Å²) in [5.74, 6) is 2.22. The van der Waals surface area contributed by atoms with Crippen LogP contribution in [0.25, 0.3) is 0 Å². The maximum absolute atomic E-state index is 5.48. The largest absolute Gasteiger partial charge is 0.497 e. The van der Waals surface area contributed by atoms with Gasteiger partial charge >= 0.3 is 0 Å². The van der Waals surface area contributed by atoms with E-state index in [-0.39, 0.29) is 6.04 Å². The van der Waals surface area contributed by atoms with E-state index in [0.717, 1.165) is 28.5 Å². The minimum atomic E-state index is -0.137. The highest BCUT2D eigenvalue weighted by atomic mass is 16.5. The molecule has 1 aromatic carbocycles. The van der Waals surface area contributed by atoms with Gasteiger partial charge in [0.15, 0.2) is 0 Å². The van der Waals surface area contributed by atoms with Crippen LogP contribution >= 0.6 is 0 Å². The molecule has 5 nitrogen and oxygen atoms in total. The van der Waals surface area contributed by atoms with Crippen molar-refractivity contribution in [2.45, 2.75) is 6.04 Å². The van der Waals surface area contributed by atoms with Crippen molar-refractivity contribution in [3.8, 4) is 17.2 Å². The summed E-state index contributed by atoms with van der Waals surface area (Å²) in [6, 6.07) is 9.32. The fourth-order valence-corrected chi connectivity index (χ4v) is 2.29. The van der Waals surface area contributed by atoms with E-state index in [1.165, 1.54) is 0 Å². The van der Waals surface area contributed by atoms with Crippen molar-refractivity contribution in [2.24, 2.45) is 0 Å². The fourth-order valence-electron chi connectivity index (χ4n) is 2.29. The van der Waals surface area contributed by atoms with E-state index >= 15 is 0 Å². The van der Waals surface area contributed by atoms with Crippen LogP contribution < -0.4 is 19.5 Å². The molecule has 0 amide bonds. The Labute approximate surface area is 124 Å². The van der Waals surface area contributed by atoms with Crippen molar-refractivity contribution in [3.05, 3.63) is 47.8 Å². The molecule has 2 rings (SSSR count). The number of hydrogen-bond donors (Lipinski definition) is 1. The van der Waals surface area contributed by atoms with Gasteiger partial charge in [-0.2, -0.15) is 0 Å². The number of ether oxygens (including phenoxy) is 3. The number of hydrogen-bond acceptors (Lipinski definition) is 5. The van der Waals surface area contributed by atoms with Gasteiger partial charge in [-0.15, -0.1) is 0 Å². The third-order valence-electron chi connectivity index (χ3n) is 3.33. The van der Waals surface area contributed by atoms with Crippen molar-refractivity contribution < 1.29 is 14.2 Å². The first-order chi connectivity index (χ1) is 10.2. The summed E-state index contributed by atoms with van der Waals surface area (Å²) in [5.41, 5.74) is 1.78. The van der Waals surface area contributed by atoms with E-state index in [1.54, 1.807) is 27.5 Å². The highest BCUT2D eigenvalue weighted by Gasteiger charge is 2.21. The van der Waals surface area contributed by atoms with E-state index in [9.17, 15) is 0 Å². The van der Waals surface area contributed by atoms with Crippen LogP contribution in [0.3, 0.4) is 0 Å². The number of benzene rings is 1. The van der Waals surface area contributed by atoms with E-state index in [1.807, 2.05) is 37.4 Å². The van der Waals surface area contributed by atoms with Gasteiger partial charge in [0, 0.05) is 17.8 Å². The van der Waals surface area contributed by atoms with Crippen LogP contribution in [0.4, 0.5) is 0 Å². The molecule has 1 aromatic heterocycles. The Morgan fingerprint density at radius 1 is 1.00 bits per heavy atom. The SMILES string of the molecule is CNC(c1ccc(OC)cc1OC)c1ncccc1OC. The number of nitrogens with zero attached hydrogens (tertiary/aromatic N) is 1. The van der Waals surface area contributed by atoms with Gasteiger partial charge in [-0.25, -0.2) is 0 Å². The third-order valence-corrected chi connectivity index (χ3v) is 3.33. The number of nitrogens with one attached hydrogen (secondary N) is 1. The Bertz CT molecular complexity index is 602. The first kappa shape index (κ1) is 15.1. The molecule has 1 N–H and O–H groups in total. The minimum absolute atomic E-state index is 0.137. The van der Waals surface area contributed by atoms with Crippen molar-refractivity contribution >= 4 is 0 Å². The first-order valence-corrected chi connectivity index (χ1v) is 6.63. The van der Waals surface area contributed by atoms with Gasteiger partial charge in [-0.3, -0.25) is 4.98 Å². The van der Waals surface area contributed by atoms with Crippen LogP contribution in [-0.2, 0) is 0 Å². The predicted octanol–water partition coefficient (Wildman–Crippen LogP) is 2.42. The third kappa shape index (κ3) is 3.08. The van der Waals surface area contributed by atoms with Gasteiger partial charge in [0.2, 0.25) is 0 Å². The van der Waals surface area contributed by atoms with Gasteiger partial charge in [0.1, 0.15) is 22.9 Å². The normalized spacial score (nSPS) is 11.8. The summed E-state index contributed by atoms with van der Waals surface area (Å²) in [6.07, 6.45) is 1.75. The Morgan fingerprint density at radius 2 is 1.76 bits per heavy atom. The fraction of sp³-hybridized carbons (Fsp3) is 0.312. The molecule has 0 spiro atoms. The molecule has 0 saturated heterocycles. The summed E-state index contributed by atoms with van der Waals surface area (Å²) in [7, 11) is 6.79. The lowest BCUT2D eigenvalue weighted by Gasteiger charge is -2.21. The number of methoxy groups -OCH3 is 3. The second-order valence-electron chi connectivity index (χ2n) is 4.42. The highest BCUT2D eigenvalue weighted by Crippen LogP contribution is 2.35. The number of aromatic nitrogens is 1. The molecule has 112 valence electrons. The number of pyridine rings is 1. The second-order valence-corrected chi connectivity index (χ2v) is 4.42. The average molecular weight is 288 g/mol. The Balaban J connectivity index is 2.51. The first-order valence-electron chi connectivity index (χ1n) is 6.63. The second kappa shape index (κ2) is 6.95. The lowest BCUT2D eigenvalue weighted by atomic mass is 10.0. The van der Waals surface area contributed by atoms with Crippen LogP contribution in [0.2, 0.25) is 0 Å². The van der Waals surface area contributed by atoms with Gasteiger partial charge in [-0.05, 0) is 31.3 Å². The Morgan fingerprint density at radius 3 is 2.38 bits per heavy atom. The zero-order chi connectivity index (χ0) is 15.2. The van der Waals surface area contributed by atoms with Crippen LogP contribution in [0, 0.1) is 0 Å². The van der Waals surface area contributed by atoms with Crippen LogP contribution in [0.5, 0.6) is 17.2 Å². The summed E-state index contributed by atoms with van der Waals surface area (Å²) in [5, 5.41) is 3.26. The van der Waals surface area contributed by atoms with Crippen LogP contribution in [0.15, 0.2) is 36.5 Å². The molecule has 0 aliphatic rings. The van der Waals surface area contributed by atoms with Crippen molar-refractivity contribution in [3.63, 3.8) is 0 Å². The molecule has 5 heteroatoms.